The Morgan fingerprint density at radius 2 is 1.83 bits per heavy atom. The van der Waals surface area contributed by atoms with Gasteiger partial charge in [0.1, 0.15) is 12.4 Å². The molecule has 0 unspecified atom stereocenters. The summed E-state index contributed by atoms with van der Waals surface area (Å²) < 4.78 is 6.44. The van der Waals surface area contributed by atoms with Gasteiger partial charge in [-0.25, -0.2) is 0 Å². The molecule has 1 N–H and O–H groups in total. The number of ether oxygens (including phenoxy) is 1. The molecule has 2 nitrogen and oxygen atoms in total. The van der Waals surface area contributed by atoms with Gasteiger partial charge in [-0.1, -0.05) is 57.9 Å². The summed E-state index contributed by atoms with van der Waals surface area (Å²) in [5.41, 5.74) is 1.71. The van der Waals surface area contributed by atoms with Crippen molar-refractivity contribution in [2.75, 3.05) is 0 Å². The van der Waals surface area contributed by atoms with Crippen molar-refractivity contribution in [3.05, 3.63) is 63.1 Å². The summed E-state index contributed by atoms with van der Waals surface area (Å²) in [6.07, 6.45) is 0. The van der Waals surface area contributed by atoms with Crippen molar-refractivity contribution in [1.82, 2.24) is 0 Å². The van der Waals surface area contributed by atoms with Gasteiger partial charge < -0.3 is 9.84 Å². The number of benzene rings is 2. The first-order valence-electron chi connectivity index (χ1n) is 5.47. The third-order valence-electron chi connectivity index (χ3n) is 2.55. The zero-order valence-electron chi connectivity index (χ0n) is 9.57. The van der Waals surface area contributed by atoms with Crippen molar-refractivity contribution in [1.29, 1.82) is 0 Å². The van der Waals surface area contributed by atoms with E-state index in [2.05, 4.69) is 15.9 Å². The van der Waals surface area contributed by atoms with Crippen LogP contribution in [0.5, 0.6) is 5.75 Å². The normalized spacial score (nSPS) is 10.4. The second-order valence-electron chi connectivity index (χ2n) is 3.77. The van der Waals surface area contributed by atoms with Crippen LogP contribution >= 0.6 is 27.5 Å². The van der Waals surface area contributed by atoms with Crippen LogP contribution in [0.3, 0.4) is 0 Å². The lowest BCUT2D eigenvalue weighted by atomic mass is 10.2. The van der Waals surface area contributed by atoms with Gasteiger partial charge in [0.15, 0.2) is 0 Å². The van der Waals surface area contributed by atoms with Crippen LogP contribution in [0.2, 0.25) is 5.02 Å². The minimum Gasteiger partial charge on any atom is -0.487 e. The molecule has 0 atom stereocenters. The minimum absolute atomic E-state index is 0.123. The van der Waals surface area contributed by atoms with E-state index in [1.165, 1.54) is 0 Å². The Bertz CT molecular complexity index is 529. The van der Waals surface area contributed by atoms with Crippen LogP contribution in [0.4, 0.5) is 0 Å². The number of aliphatic hydroxyl groups is 1. The molecule has 0 aliphatic heterocycles. The average Bonchev–Trinajstić information content (AvgIpc) is 2.40. The van der Waals surface area contributed by atoms with Crippen LogP contribution in [0.1, 0.15) is 11.1 Å². The Balaban J connectivity index is 2.15. The van der Waals surface area contributed by atoms with Crippen molar-refractivity contribution in [3.63, 3.8) is 0 Å². The summed E-state index contributed by atoms with van der Waals surface area (Å²) in [4.78, 5) is 0. The number of rotatable bonds is 4. The maximum atomic E-state index is 9.24. The predicted octanol–water partition coefficient (Wildman–Crippen LogP) is 4.17. The predicted molar refractivity (Wildman–Crippen MR) is 75.8 cm³/mol. The van der Waals surface area contributed by atoms with Gasteiger partial charge in [0.25, 0.3) is 0 Å². The molecular weight excluding hydrogens is 316 g/mol. The third-order valence-corrected chi connectivity index (χ3v) is 3.70. The van der Waals surface area contributed by atoms with E-state index in [-0.39, 0.29) is 6.61 Å². The van der Waals surface area contributed by atoms with Gasteiger partial charge in [0.05, 0.1) is 11.6 Å². The van der Waals surface area contributed by atoms with Crippen molar-refractivity contribution in [3.8, 4) is 5.75 Å². The molecule has 0 aromatic heterocycles. The molecule has 0 saturated carbocycles. The van der Waals surface area contributed by atoms with Crippen molar-refractivity contribution in [2.24, 2.45) is 0 Å². The van der Waals surface area contributed by atoms with Crippen LogP contribution in [0, 0.1) is 0 Å². The molecule has 2 rings (SSSR count). The average molecular weight is 328 g/mol. The molecule has 0 amide bonds. The summed E-state index contributed by atoms with van der Waals surface area (Å²) in [7, 11) is 0. The highest BCUT2D eigenvalue weighted by Crippen LogP contribution is 2.33. The minimum atomic E-state index is -0.123. The fourth-order valence-corrected chi connectivity index (χ4v) is 2.42. The molecule has 94 valence electrons. The van der Waals surface area contributed by atoms with Crippen LogP contribution in [-0.2, 0) is 13.2 Å². The van der Waals surface area contributed by atoms with Gasteiger partial charge in [0, 0.05) is 10.0 Å². The molecule has 0 saturated heterocycles. The van der Waals surface area contributed by atoms with Gasteiger partial charge >= 0.3 is 0 Å². The van der Waals surface area contributed by atoms with E-state index in [0.29, 0.717) is 22.9 Å². The van der Waals surface area contributed by atoms with Gasteiger partial charge in [-0.05, 0) is 17.7 Å². The first-order valence-corrected chi connectivity index (χ1v) is 6.64. The summed E-state index contributed by atoms with van der Waals surface area (Å²) in [6, 6.07) is 13.5. The fraction of sp³-hybridized carbons (Fsp3) is 0.143. The van der Waals surface area contributed by atoms with E-state index in [1.54, 1.807) is 6.07 Å². The van der Waals surface area contributed by atoms with Crippen LogP contribution < -0.4 is 4.74 Å². The molecule has 0 aliphatic rings. The second kappa shape index (κ2) is 6.23. The first-order chi connectivity index (χ1) is 8.72. The van der Waals surface area contributed by atoms with Gasteiger partial charge in [-0.2, -0.15) is 0 Å². The molecule has 0 fully saturated rings. The third kappa shape index (κ3) is 3.05. The van der Waals surface area contributed by atoms with Crippen molar-refractivity contribution < 1.29 is 9.84 Å². The highest BCUT2D eigenvalue weighted by atomic mass is 79.9. The van der Waals surface area contributed by atoms with E-state index in [4.69, 9.17) is 16.3 Å². The van der Waals surface area contributed by atoms with E-state index in [0.717, 1.165) is 10.0 Å². The Morgan fingerprint density at radius 3 is 2.50 bits per heavy atom. The summed E-state index contributed by atoms with van der Waals surface area (Å²) >= 11 is 9.50. The van der Waals surface area contributed by atoms with Gasteiger partial charge in [-0.3, -0.25) is 0 Å². The van der Waals surface area contributed by atoms with Crippen LogP contribution in [0.25, 0.3) is 0 Å². The SMILES string of the molecule is OCc1c(Br)ccc(OCc2ccccc2)c1Cl. The molecule has 2 aromatic carbocycles. The number of halogens is 2. The summed E-state index contributed by atoms with van der Waals surface area (Å²) in [6.45, 7) is 0.328. The molecule has 4 heteroatoms. The quantitative estimate of drug-likeness (QED) is 0.913. The van der Waals surface area contributed by atoms with Gasteiger partial charge in [-0.15, -0.1) is 0 Å². The molecule has 0 radical (unpaired) electrons. The van der Waals surface area contributed by atoms with E-state index < -0.39 is 0 Å². The largest absolute Gasteiger partial charge is 0.487 e. The Labute approximate surface area is 119 Å². The first kappa shape index (κ1) is 13.4. The second-order valence-corrected chi connectivity index (χ2v) is 5.00. The number of hydrogen-bond donors (Lipinski definition) is 1. The maximum absolute atomic E-state index is 9.24. The summed E-state index contributed by atoms with van der Waals surface area (Å²) in [5.74, 6) is 0.577. The zero-order chi connectivity index (χ0) is 13.0. The van der Waals surface area contributed by atoms with E-state index in [9.17, 15) is 5.11 Å². The zero-order valence-corrected chi connectivity index (χ0v) is 11.9. The standard InChI is InChI=1S/C14H12BrClO2/c15-12-6-7-13(14(16)11(12)8-17)18-9-10-4-2-1-3-5-10/h1-7,17H,8-9H2. The van der Waals surface area contributed by atoms with Crippen LogP contribution in [0.15, 0.2) is 46.9 Å². The topological polar surface area (TPSA) is 29.5 Å². The van der Waals surface area contributed by atoms with E-state index in [1.807, 2.05) is 36.4 Å². The molecule has 0 aliphatic carbocycles. The van der Waals surface area contributed by atoms with Crippen LogP contribution in [-0.4, -0.2) is 5.11 Å². The smallest absolute Gasteiger partial charge is 0.138 e. The lowest BCUT2D eigenvalue weighted by molar-refractivity contribution is 0.277. The van der Waals surface area contributed by atoms with Crippen molar-refractivity contribution >= 4 is 27.5 Å². The molecule has 0 heterocycles. The molecule has 2 aromatic rings. The van der Waals surface area contributed by atoms with Crippen molar-refractivity contribution in [2.45, 2.75) is 13.2 Å². The molecule has 18 heavy (non-hydrogen) atoms. The monoisotopic (exact) mass is 326 g/mol. The Morgan fingerprint density at radius 1 is 1.11 bits per heavy atom. The number of hydrogen-bond acceptors (Lipinski definition) is 2. The maximum Gasteiger partial charge on any atom is 0.138 e. The highest BCUT2D eigenvalue weighted by molar-refractivity contribution is 9.10. The Kier molecular flexibility index (Phi) is 4.64. The van der Waals surface area contributed by atoms with E-state index >= 15 is 0 Å². The molecule has 0 bridgehead atoms. The number of aliphatic hydroxyl groups excluding tert-OH is 1. The lowest BCUT2D eigenvalue weighted by Gasteiger charge is -2.11. The fourth-order valence-electron chi connectivity index (χ4n) is 1.57. The summed E-state index contributed by atoms with van der Waals surface area (Å²) in [5, 5.41) is 9.69. The van der Waals surface area contributed by atoms with Gasteiger partial charge in [0.2, 0.25) is 0 Å². The highest BCUT2D eigenvalue weighted by Gasteiger charge is 2.10. The lowest BCUT2D eigenvalue weighted by Crippen LogP contribution is -1.98. The Hall–Kier alpha value is -1.03. The molecular formula is C14H12BrClO2. The molecule has 0 spiro atoms.